The number of hydrogen-bond acceptors (Lipinski definition) is 3. The van der Waals surface area contributed by atoms with Gasteiger partial charge in [-0.05, 0) is 26.0 Å². The molecule has 0 saturated carbocycles. The number of rotatable bonds is 4. The van der Waals surface area contributed by atoms with Gasteiger partial charge < -0.3 is 4.90 Å². The van der Waals surface area contributed by atoms with Crippen LogP contribution in [0.15, 0.2) is 23.7 Å². The molecule has 0 bridgehead atoms. The van der Waals surface area contributed by atoms with Gasteiger partial charge in [-0.15, -0.1) is 11.3 Å². The summed E-state index contributed by atoms with van der Waals surface area (Å²) in [6.45, 7) is 5.02. The van der Waals surface area contributed by atoms with Gasteiger partial charge in [-0.25, -0.2) is 9.37 Å². The van der Waals surface area contributed by atoms with E-state index in [4.69, 9.17) is 0 Å². The van der Waals surface area contributed by atoms with Crippen LogP contribution in [-0.4, -0.2) is 18.1 Å². The Morgan fingerprint density at radius 2 is 1.86 bits per heavy atom. The second kappa shape index (κ2) is 6.01. The minimum atomic E-state index is -4.48. The number of hydrogen-bond donors (Lipinski definition) is 0. The monoisotopic (exact) mass is 318 g/mol. The number of alkyl halides is 3. The number of anilines is 1. The first kappa shape index (κ1) is 15.8. The van der Waals surface area contributed by atoms with Crippen molar-refractivity contribution in [2.75, 3.05) is 18.0 Å². The van der Waals surface area contributed by atoms with Crippen LogP contribution in [0.5, 0.6) is 0 Å². The molecule has 2 rings (SSSR count). The van der Waals surface area contributed by atoms with Crippen LogP contribution in [0, 0.1) is 5.82 Å². The van der Waals surface area contributed by atoms with Crippen LogP contribution in [0.25, 0.3) is 11.3 Å². The van der Waals surface area contributed by atoms with Gasteiger partial charge in [0.05, 0.1) is 16.9 Å². The van der Waals surface area contributed by atoms with Crippen molar-refractivity contribution in [3.8, 4) is 11.3 Å². The van der Waals surface area contributed by atoms with E-state index in [2.05, 4.69) is 4.98 Å². The van der Waals surface area contributed by atoms with Crippen LogP contribution in [0.1, 0.15) is 18.7 Å². The molecule has 7 heteroatoms. The van der Waals surface area contributed by atoms with E-state index in [9.17, 15) is 17.6 Å². The molecule has 0 radical (unpaired) electrons. The predicted octanol–water partition coefficient (Wildman–Crippen LogP) is 4.81. The molecule has 0 aliphatic heterocycles. The summed E-state index contributed by atoms with van der Waals surface area (Å²) in [6, 6.07) is 4.08. The molecule has 114 valence electrons. The molecule has 1 aromatic carbocycles. The summed E-state index contributed by atoms with van der Waals surface area (Å²) in [6.07, 6.45) is -4.48. The molecular weight excluding hydrogens is 304 g/mol. The Labute approximate surface area is 124 Å². The van der Waals surface area contributed by atoms with Crippen LogP contribution >= 0.6 is 11.3 Å². The molecule has 0 atom stereocenters. The fraction of sp³-hybridized carbons (Fsp3) is 0.357. The van der Waals surface area contributed by atoms with E-state index < -0.39 is 16.9 Å². The van der Waals surface area contributed by atoms with Crippen molar-refractivity contribution in [1.82, 2.24) is 4.98 Å². The van der Waals surface area contributed by atoms with Crippen molar-refractivity contribution < 1.29 is 17.6 Å². The van der Waals surface area contributed by atoms with E-state index in [1.165, 1.54) is 12.1 Å². The molecule has 2 nitrogen and oxygen atoms in total. The first-order valence-electron chi connectivity index (χ1n) is 6.44. The molecule has 0 fully saturated rings. The van der Waals surface area contributed by atoms with Gasteiger partial charge >= 0.3 is 6.18 Å². The third kappa shape index (κ3) is 3.18. The highest BCUT2D eigenvalue weighted by atomic mass is 32.1. The maximum absolute atomic E-state index is 14.1. The zero-order chi connectivity index (χ0) is 15.6. The summed E-state index contributed by atoms with van der Waals surface area (Å²) in [5, 5.41) is 0. The fourth-order valence-corrected chi connectivity index (χ4v) is 2.81. The molecule has 0 N–H and O–H groups in total. The quantitative estimate of drug-likeness (QED) is 0.752. The van der Waals surface area contributed by atoms with Gasteiger partial charge in [-0.2, -0.15) is 13.2 Å². The minimum Gasteiger partial charge on any atom is -0.370 e. The van der Waals surface area contributed by atoms with Crippen molar-refractivity contribution in [3.63, 3.8) is 0 Å². The lowest BCUT2D eigenvalue weighted by molar-refractivity contribution is -0.134. The van der Waals surface area contributed by atoms with Crippen molar-refractivity contribution in [2.24, 2.45) is 0 Å². The molecule has 0 amide bonds. The molecule has 1 heterocycles. The number of nitrogens with zero attached hydrogens (tertiary/aromatic N) is 2. The Hall–Kier alpha value is -1.63. The zero-order valence-corrected chi connectivity index (χ0v) is 12.4. The van der Waals surface area contributed by atoms with Crippen molar-refractivity contribution in [2.45, 2.75) is 20.0 Å². The Balaban J connectivity index is 2.44. The van der Waals surface area contributed by atoms with E-state index in [1.807, 2.05) is 13.8 Å². The number of thiazole rings is 1. The van der Waals surface area contributed by atoms with Crippen LogP contribution in [0.4, 0.5) is 23.2 Å². The van der Waals surface area contributed by atoms with Gasteiger partial charge in [-0.3, -0.25) is 0 Å². The maximum atomic E-state index is 14.1. The van der Waals surface area contributed by atoms with E-state index in [0.29, 0.717) is 30.1 Å². The molecule has 0 spiro atoms. The smallest absolute Gasteiger partial charge is 0.370 e. The zero-order valence-electron chi connectivity index (χ0n) is 11.5. The third-order valence-corrected chi connectivity index (χ3v) is 4.02. The van der Waals surface area contributed by atoms with Gasteiger partial charge in [0.25, 0.3) is 0 Å². The Bertz CT molecular complexity index is 618. The highest BCUT2D eigenvalue weighted by molar-refractivity contribution is 7.10. The molecule has 0 aliphatic rings. The van der Waals surface area contributed by atoms with Gasteiger partial charge in [0.15, 0.2) is 0 Å². The molecule has 0 unspecified atom stereocenters. The van der Waals surface area contributed by atoms with Gasteiger partial charge in [0.1, 0.15) is 10.7 Å². The lowest BCUT2D eigenvalue weighted by Crippen LogP contribution is -2.22. The number of benzene rings is 1. The van der Waals surface area contributed by atoms with Gasteiger partial charge in [0.2, 0.25) is 0 Å². The third-order valence-electron chi connectivity index (χ3n) is 3.15. The molecular formula is C14H14F4N2S. The number of halogens is 4. The van der Waals surface area contributed by atoms with Crippen LogP contribution in [-0.2, 0) is 6.18 Å². The normalized spacial score (nSPS) is 11.7. The second-order valence-corrected chi connectivity index (χ2v) is 5.22. The molecule has 0 saturated heterocycles. The summed E-state index contributed by atoms with van der Waals surface area (Å²) < 4.78 is 52.7. The van der Waals surface area contributed by atoms with Gasteiger partial charge in [-0.1, -0.05) is 6.07 Å². The van der Waals surface area contributed by atoms with E-state index in [1.54, 1.807) is 4.90 Å². The molecule has 1 aromatic heterocycles. The molecule has 21 heavy (non-hydrogen) atoms. The van der Waals surface area contributed by atoms with E-state index >= 15 is 0 Å². The van der Waals surface area contributed by atoms with Gasteiger partial charge in [0, 0.05) is 18.7 Å². The van der Waals surface area contributed by atoms with Crippen LogP contribution in [0.3, 0.4) is 0 Å². The topological polar surface area (TPSA) is 16.1 Å². The highest BCUT2D eigenvalue weighted by Crippen LogP contribution is 2.39. The Morgan fingerprint density at radius 3 is 2.38 bits per heavy atom. The average Bonchev–Trinajstić information content (AvgIpc) is 2.91. The lowest BCUT2D eigenvalue weighted by atomic mass is 10.1. The summed E-state index contributed by atoms with van der Waals surface area (Å²) >= 11 is 0.508. The van der Waals surface area contributed by atoms with Crippen LogP contribution < -0.4 is 4.90 Å². The van der Waals surface area contributed by atoms with Crippen LogP contribution in [0.2, 0.25) is 0 Å². The minimum absolute atomic E-state index is 0.136. The van der Waals surface area contributed by atoms with E-state index in [0.717, 1.165) is 11.6 Å². The summed E-state index contributed by atoms with van der Waals surface area (Å²) in [4.78, 5) is 4.72. The Kier molecular flexibility index (Phi) is 4.51. The molecule has 2 aromatic rings. The molecule has 0 aliphatic carbocycles. The fourth-order valence-electron chi connectivity index (χ4n) is 2.13. The summed E-state index contributed by atoms with van der Waals surface area (Å²) in [5.74, 6) is -0.544. The first-order chi connectivity index (χ1) is 9.88. The maximum Gasteiger partial charge on any atom is 0.427 e. The summed E-state index contributed by atoms with van der Waals surface area (Å²) in [7, 11) is 0. The average molecular weight is 318 g/mol. The largest absolute Gasteiger partial charge is 0.427 e. The summed E-state index contributed by atoms with van der Waals surface area (Å²) in [5.41, 5.74) is 1.41. The first-order valence-corrected chi connectivity index (χ1v) is 7.32. The van der Waals surface area contributed by atoms with Crippen molar-refractivity contribution in [1.29, 1.82) is 0 Å². The predicted molar refractivity (Wildman–Crippen MR) is 76.1 cm³/mol. The number of aromatic nitrogens is 1. The lowest BCUT2D eigenvalue weighted by Gasteiger charge is -2.21. The van der Waals surface area contributed by atoms with Crippen molar-refractivity contribution in [3.05, 3.63) is 34.4 Å². The standard InChI is InChI=1S/C14H14F4N2S/c1-3-20(4-2)11-6-5-9(7-10(11)15)12-13(14(16,17)18)21-8-19-12/h5-8H,3-4H2,1-2H3. The van der Waals surface area contributed by atoms with E-state index in [-0.39, 0.29) is 11.3 Å². The Morgan fingerprint density at radius 1 is 1.19 bits per heavy atom. The highest BCUT2D eigenvalue weighted by Gasteiger charge is 2.36. The van der Waals surface area contributed by atoms with Crippen molar-refractivity contribution >= 4 is 17.0 Å². The SMILES string of the molecule is CCN(CC)c1ccc(-c2ncsc2C(F)(F)F)cc1F. The second-order valence-electron chi connectivity index (χ2n) is 4.37.